The van der Waals surface area contributed by atoms with Gasteiger partial charge < -0.3 is 5.11 Å². The Balaban J connectivity index is 2.25. The molecule has 1 aliphatic carbocycles. The average Bonchev–Trinajstić information content (AvgIpc) is 2.32. The van der Waals surface area contributed by atoms with Crippen LogP contribution in [0.25, 0.3) is 0 Å². The molecule has 1 aromatic rings. The van der Waals surface area contributed by atoms with E-state index in [9.17, 15) is 18.7 Å². The number of carboxylic acids is 1. The van der Waals surface area contributed by atoms with Gasteiger partial charge in [-0.25, -0.2) is 8.78 Å². The molecule has 0 aliphatic heterocycles. The van der Waals surface area contributed by atoms with E-state index in [1.165, 1.54) is 18.2 Å². The van der Waals surface area contributed by atoms with Gasteiger partial charge in [0.05, 0.1) is 5.92 Å². The number of carboxylic acid groups (broad SMARTS) is 1. The molecule has 4 heteroatoms. The molecule has 0 bridgehead atoms. The van der Waals surface area contributed by atoms with Gasteiger partial charge in [0.15, 0.2) is 0 Å². The Bertz CT molecular complexity index is 491. The lowest BCUT2D eigenvalue weighted by Crippen LogP contribution is -2.35. The van der Waals surface area contributed by atoms with Crippen molar-refractivity contribution in [3.63, 3.8) is 0 Å². The van der Waals surface area contributed by atoms with E-state index in [2.05, 4.69) is 13.8 Å². The fraction of sp³-hybridized carbons (Fsp3) is 0.562. The molecule has 20 heavy (non-hydrogen) atoms. The van der Waals surface area contributed by atoms with Gasteiger partial charge in [0.1, 0.15) is 11.6 Å². The largest absolute Gasteiger partial charge is 0.481 e. The highest BCUT2D eigenvalue weighted by molar-refractivity contribution is 5.70. The molecule has 2 nitrogen and oxygen atoms in total. The topological polar surface area (TPSA) is 37.3 Å². The van der Waals surface area contributed by atoms with Crippen molar-refractivity contribution in [1.82, 2.24) is 0 Å². The van der Waals surface area contributed by atoms with Gasteiger partial charge in [0.2, 0.25) is 0 Å². The van der Waals surface area contributed by atoms with E-state index in [1.807, 2.05) is 0 Å². The maximum Gasteiger partial charge on any atom is 0.306 e. The third-order valence-corrected chi connectivity index (χ3v) is 4.36. The van der Waals surface area contributed by atoms with E-state index in [0.717, 1.165) is 6.42 Å². The maximum atomic E-state index is 13.7. The van der Waals surface area contributed by atoms with Gasteiger partial charge in [0, 0.05) is 5.56 Å². The summed E-state index contributed by atoms with van der Waals surface area (Å²) < 4.78 is 27.5. The summed E-state index contributed by atoms with van der Waals surface area (Å²) in [6, 6.07) is 3.78. The van der Waals surface area contributed by atoms with Crippen LogP contribution >= 0.6 is 0 Å². The van der Waals surface area contributed by atoms with Crippen LogP contribution in [0.3, 0.4) is 0 Å². The smallest absolute Gasteiger partial charge is 0.306 e. The highest BCUT2D eigenvalue weighted by Crippen LogP contribution is 2.43. The molecule has 0 aromatic heterocycles. The summed E-state index contributed by atoms with van der Waals surface area (Å²) >= 11 is 0. The zero-order valence-corrected chi connectivity index (χ0v) is 11.8. The quantitative estimate of drug-likeness (QED) is 0.908. The van der Waals surface area contributed by atoms with Crippen molar-refractivity contribution in [3.05, 3.63) is 35.4 Å². The van der Waals surface area contributed by atoms with Crippen LogP contribution in [0, 0.1) is 28.9 Å². The van der Waals surface area contributed by atoms with Crippen LogP contribution in [0.5, 0.6) is 0 Å². The summed E-state index contributed by atoms with van der Waals surface area (Å²) in [5.74, 6) is -2.76. The van der Waals surface area contributed by atoms with E-state index < -0.39 is 23.5 Å². The number of rotatable bonds is 3. The van der Waals surface area contributed by atoms with E-state index in [4.69, 9.17) is 0 Å². The Morgan fingerprint density at radius 3 is 2.50 bits per heavy atom. The van der Waals surface area contributed by atoms with Crippen molar-refractivity contribution < 1.29 is 18.7 Å². The second-order valence-corrected chi connectivity index (χ2v) is 6.52. The first kappa shape index (κ1) is 14.9. The number of hydrogen-bond donors (Lipinski definition) is 1. The standard InChI is InChI=1S/C16H20F2O2/c1-16(2)7-6-11(15(19)20)10(9-16)8-12-13(17)4-3-5-14(12)18/h3-5,10-11H,6-9H2,1-2H3,(H,19,20). The minimum atomic E-state index is -0.859. The lowest BCUT2D eigenvalue weighted by Gasteiger charge is -2.39. The molecule has 0 amide bonds. The Hall–Kier alpha value is -1.45. The maximum absolute atomic E-state index is 13.7. The zero-order chi connectivity index (χ0) is 14.9. The molecular formula is C16H20F2O2. The van der Waals surface area contributed by atoms with Crippen LogP contribution in [0.4, 0.5) is 8.78 Å². The third-order valence-electron chi connectivity index (χ3n) is 4.36. The summed E-state index contributed by atoms with van der Waals surface area (Å²) in [5, 5.41) is 9.31. The van der Waals surface area contributed by atoms with Crippen molar-refractivity contribution in [2.45, 2.75) is 39.5 Å². The Kier molecular flexibility index (Phi) is 4.11. The summed E-state index contributed by atoms with van der Waals surface area (Å²) in [5.41, 5.74) is 0.0414. The summed E-state index contributed by atoms with van der Waals surface area (Å²) in [4.78, 5) is 11.3. The second-order valence-electron chi connectivity index (χ2n) is 6.52. The molecule has 110 valence electrons. The molecule has 0 heterocycles. The fourth-order valence-electron chi connectivity index (χ4n) is 3.27. The number of carbonyl (C=O) groups is 1. The van der Waals surface area contributed by atoms with Gasteiger partial charge in [0.25, 0.3) is 0 Å². The van der Waals surface area contributed by atoms with Crippen molar-refractivity contribution in [2.24, 2.45) is 17.3 Å². The normalized spacial score (nSPS) is 25.4. The average molecular weight is 282 g/mol. The fourth-order valence-corrected chi connectivity index (χ4v) is 3.27. The molecule has 0 radical (unpaired) electrons. The predicted molar refractivity (Wildman–Crippen MR) is 72.3 cm³/mol. The van der Waals surface area contributed by atoms with E-state index in [1.54, 1.807) is 0 Å². The highest BCUT2D eigenvalue weighted by atomic mass is 19.1. The molecular weight excluding hydrogens is 262 g/mol. The third kappa shape index (κ3) is 3.17. The Labute approximate surface area is 117 Å². The molecule has 1 aliphatic rings. The van der Waals surface area contributed by atoms with Crippen molar-refractivity contribution in [2.75, 3.05) is 0 Å². The molecule has 1 saturated carbocycles. The van der Waals surface area contributed by atoms with Crippen LogP contribution in [0.1, 0.15) is 38.7 Å². The number of benzene rings is 1. The lowest BCUT2D eigenvalue weighted by molar-refractivity contribution is -0.146. The van der Waals surface area contributed by atoms with Gasteiger partial charge in [-0.3, -0.25) is 4.79 Å². The first-order valence-electron chi connectivity index (χ1n) is 6.96. The van der Waals surface area contributed by atoms with Gasteiger partial charge in [-0.2, -0.15) is 0 Å². The molecule has 1 aromatic carbocycles. The van der Waals surface area contributed by atoms with Gasteiger partial charge in [-0.1, -0.05) is 19.9 Å². The Morgan fingerprint density at radius 1 is 1.35 bits per heavy atom. The van der Waals surface area contributed by atoms with E-state index in [-0.39, 0.29) is 23.3 Å². The minimum absolute atomic E-state index is 0.0152. The lowest BCUT2D eigenvalue weighted by atomic mass is 9.65. The minimum Gasteiger partial charge on any atom is -0.481 e. The molecule has 1 N–H and O–H groups in total. The van der Waals surface area contributed by atoms with Crippen LogP contribution in [-0.2, 0) is 11.2 Å². The van der Waals surface area contributed by atoms with Crippen LogP contribution in [-0.4, -0.2) is 11.1 Å². The van der Waals surface area contributed by atoms with Crippen LogP contribution in [0.15, 0.2) is 18.2 Å². The Morgan fingerprint density at radius 2 is 1.95 bits per heavy atom. The second kappa shape index (κ2) is 5.51. The van der Waals surface area contributed by atoms with Crippen LogP contribution < -0.4 is 0 Å². The van der Waals surface area contributed by atoms with E-state index >= 15 is 0 Å². The van der Waals surface area contributed by atoms with Gasteiger partial charge in [-0.05, 0) is 49.1 Å². The van der Waals surface area contributed by atoms with Crippen LogP contribution in [0.2, 0.25) is 0 Å². The van der Waals surface area contributed by atoms with Crippen molar-refractivity contribution in [3.8, 4) is 0 Å². The summed E-state index contributed by atoms with van der Waals surface area (Å²) in [6.45, 7) is 4.16. The molecule has 1 fully saturated rings. The van der Waals surface area contributed by atoms with Crippen molar-refractivity contribution in [1.29, 1.82) is 0 Å². The molecule has 0 spiro atoms. The highest BCUT2D eigenvalue weighted by Gasteiger charge is 2.39. The van der Waals surface area contributed by atoms with Gasteiger partial charge in [-0.15, -0.1) is 0 Å². The summed E-state index contributed by atoms with van der Waals surface area (Å²) in [7, 11) is 0. The number of halogens is 2. The monoisotopic (exact) mass is 282 g/mol. The molecule has 2 atom stereocenters. The first-order valence-corrected chi connectivity index (χ1v) is 6.96. The van der Waals surface area contributed by atoms with E-state index in [0.29, 0.717) is 12.8 Å². The van der Waals surface area contributed by atoms with Crippen molar-refractivity contribution >= 4 is 5.97 Å². The number of hydrogen-bond acceptors (Lipinski definition) is 1. The first-order chi connectivity index (χ1) is 9.30. The predicted octanol–water partition coefficient (Wildman–Crippen LogP) is 4.03. The molecule has 2 rings (SSSR count). The molecule has 2 unspecified atom stereocenters. The SMILES string of the molecule is CC1(C)CCC(C(=O)O)C(Cc2c(F)cccc2F)C1. The van der Waals surface area contributed by atoms with Gasteiger partial charge >= 0.3 is 5.97 Å². The zero-order valence-electron chi connectivity index (χ0n) is 11.8. The summed E-state index contributed by atoms with van der Waals surface area (Å²) in [6.07, 6.45) is 2.24. The number of aliphatic carboxylic acids is 1. The molecule has 0 saturated heterocycles.